The van der Waals surface area contributed by atoms with Crippen molar-refractivity contribution in [1.82, 2.24) is 19.7 Å². The molecule has 2 heterocycles. The Bertz CT molecular complexity index is 1150. The molecule has 0 amide bonds. The predicted molar refractivity (Wildman–Crippen MR) is 115 cm³/mol. The molecule has 0 unspecified atom stereocenters. The van der Waals surface area contributed by atoms with Gasteiger partial charge in [0.15, 0.2) is 11.5 Å². The highest BCUT2D eigenvalue weighted by atomic mass is 16.4. The molecule has 0 aliphatic rings. The molecule has 2 aromatic carbocycles. The first-order chi connectivity index (χ1) is 14.7. The number of carboxylic acid groups (broad SMARTS) is 1. The van der Waals surface area contributed by atoms with Crippen LogP contribution in [-0.2, 0) is 13.0 Å². The van der Waals surface area contributed by atoms with Gasteiger partial charge in [0.25, 0.3) is 0 Å². The molecule has 0 saturated heterocycles. The molecule has 30 heavy (non-hydrogen) atoms. The van der Waals surface area contributed by atoms with E-state index in [-0.39, 0.29) is 5.69 Å². The number of carbonyl (C=O) groups is 1. The summed E-state index contributed by atoms with van der Waals surface area (Å²) in [7, 11) is 0. The minimum Gasteiger partial charge on any atom is -0.476 e. The number of rotatable bonds is 7. The molecule has 0 radical (unpaired) electrons. The molecule has 6 heteroatoms. The minimum absolute atomic E-state index is 0.0560. The number of hydrogen-bond acceptors (Lipinski definition) is 4. The Morgan fingerprint density at radius 3 is 2.43 bits per heavy atom. The van der Waals surface area contributed by atoms with Gasteiger partial charge >= 0.3 is 5.97 Å². The zero-order valence-electron chi connectivity index (χ0n) is 16.7. The standard InChI is InChI=1S/C24H22N4O2/c1-2-15-28-21(26-23(27-28)19-7-4-3-5-8-19)16-17-10-12-18(13-11-17)20-9-6-14-25-22(20)24(29)30/h3-14H,2,15-16H2,1H3,(H,29,30). The highest BCUT2D eigenvalue weighted by Gasteiger charge is 2.14. The molecule has 0 aliphatic heterocycles. The van der Waals surface area contributed by atoms with Crippen LogP contribution in [0.5, 0.6) is 0 Å². The fourth-order valence-corrected chi connectivity index (χ4v) is 3.40. The van der Waals surface area contributed by atoms with Crippen LogP contribution in [0.1, 0.15) is 35.2 Å². The summed E-state index contributed by atoms with van der Waals surface area (Å²) in [5.74, 6) is 0.615. The third-order valence-electron chi connectivity index (χ3n) is 4.85. The van der Waals surface area contributed by atoms with Crippen LogP contribution in [0.2, 0.25) is 0 Å². The van der Waals surface area contributed by atoms with E-state index in [0.29, 0.717) is 12.0 Å². The Morgan fingerprint density at radius 1 is 0.967 bits per heavy atom. The van der Waals surface area contributed by atoms with Crippen LogP contribution in [0.4, 0.5) is 0 Å². The molecular formula is C24H22N4O2. The molecule has 0 aliphatic carbocycles. The number of aryl methyl sites for hydroxylation is 1. The molecule has 4 rings (SSSR count). The second-order valence-electron chi connectivity index (χ2n) is 7.02. The third kappa shape index (κ3) is 4.12. The molecule has 0 atom stereocenters. The van der Waals surface area contributed by atoms with Crippen molar-refractivity contribution >= 4 is 5.97 Å². The van der Waals surface area contributed by atoms with Crippen molar-refractivity contribution in [2.24, 2.45) is 0 Å². The molecule has 1 N–H and O–H groups in total. The topological polar surface area (TPSA) is 80.9 Å². The first kappa shape index (κ1) is 19.5. The Labute approximate surface area is 174 Å². The van der Waals surface area contributed by atoms with Gasteiger partial charge in [-0.1, -0.05) is 67.6 Å². The monoisotopic (exact) mass is 398 g/mol. The maximum atomic E-state index is 11.4. The molecule has 0 fully saturated rings. The molecule has 6 nitrogen and oxygen atoms in total. The van der Waals surface area contributed by atoms with Crippen molar-refractivity contribution in [3.63, 3.8) is 0 Å². The number of pyridine rings is 1. The van der Waals surface area contributed by atoms with E-state index in [9.17, 15) is 9.90 Å². The van der Waals surface area contributed by atoms with Crippen molar-refractivity contribution in [3.05, 3.63) is 90.0 Å². The summed E-state index contributed by atoms with van der Waals surface area (Å²) in [6, 6.07) is 21.3. The van der Waals surface area contributed by atoms with E-state index in [1.165, 1.54) is 6.20 Å². The van der Waals surface area contributed by atoms with E-state index in [4.69, 9.17) is 10.1 Å². The largest absolute Gasteiger partial charge is 0.476 e. The van der Waals surface area contributed by atoms with Gasteiger partial charge in [-0.05, 0) is 23.6 Å². The van der Waals surface area contributed by atoms with Gasteiger partial charge in [0, 0.05) is 30.3 Å². The minimum atomic E-state index is -1.03. The molecule has 0 spiro atoms. The lowest BCUT2D eigenvalue weighted by Crippen LogP contribution is -2.06. The molecule has 4 aromatic rings. The zero-order chi connectivity index (χ0) is 20.9. The molecule has 150 valence electrons. The number of benzene rings is 2. The summed E-state index contributed by atoms with van der Waals surface area (Å²) in [6.07, 6.45) is 3.12. The number of aromatic nitrogens is 4. The average Bonchev–Trinajstić information content (AvgIpc) is 3.17. The van der Waals surface area contributed by atoms with Crippen molar-refractivity contribution in [2.45, 2.75) is 26.3 Å². The van der Waals surface area contributed by atoms with Gasteiger partial charge in [-0.2, -0.15) is 5.10 Å². The first-order valence-electron chi connectivity index (χ1n) is 9.92. The SMILES string of the molecule is CCCn1nc(-c2ccccc2)nc1Cc1ccc(-c2cccnc2C(=O)O)cc1. The summed E-state index contributed by atoms with van der Waals surface area (Å²) >= 11 is 0. The Morgan fingerprint density at radius 2 is 1.73 bits per heavy atom. The van der Waals surface area contributed by atoms with Crippen LogP contribution in [0.15, 0.2) is 72.9 Å². The van der Waals surface area contributed by atoms with Crippen LogP contribution < -0.4 is 0 Å². The fourth-order valence-electron chi connectivity index (χ4n) is 3.40. The van der Waals surface area contributed by atoms with Crippen molar-refractivity contribution in [1.29, 1.82) is 0 Å². The smallest absolute Gasteiger partial charge is 0.355 e. The van der Waals surface area contributed by atoms with Crippen LogP contribution in [0.3, 0.4) is 0 Å². The second kappa shape index (κ2) is 8.69. The summed E-state index contributed by atoms with van der Waals surface area (Å²) in [5, 5.41) is 14.1. The molecule has 0 saturated carbocycles. The van der Waals surface area contributed by atoms with Crippen molar-refractivity contribution in [3.8, 4) is 22.5 Å². The second-order valence-corrected chi connectivity index (χ2v) is 7.02. The van der Waals surface area contributed by atoms with Gasteiger partial charge < -0.3 is 5.11 Å². The third-order valence-corrected chi connectivity index (χ3v) is 4.85. The quantitative estimate of drug-likeness (QED) is 0.488. The number of carboxylic acids is 1. The summed E-state index contributed by atoms with van der Waals surface area (Å²) < 4.78 is 1.97. The summed E-state index contributed by atoms with van der Waals surface area (Å²) in [6.45, 7) is 2.93. The van der Waals surface area contributed by atoms with Crippen molar-refractivity contribution in [2.75, 3.05) is 0 Å². The molecule has 2 aromatic heterocycles. The lowest BCUT2D eigenvalue weighted by molar-refractivity contribution is 0.0691. The van der Waals surface area contributed by atoms with Gasteiger partial charge in [-0.15, -0.1) is 0 Å². The van der Waals surface area contributed by atoms with E-state index in [1.54, 1.807) is 12.1 Å². The van der Waals surface area contributed by atoms with E-state index < -0.39 is 5.97 Å². The maximum Gasteiger partial charge on any atom is 0.355 e. The average molecular weight is 398 g/mol. The summed E-state index contributed by atoms with van der Waals surface area (Å²) in [5.41, 5.74) is 3.58. The van der Waals surface area contributed by atoms with Gasteiger partial charge in [0.2, 0.25) is 0 Å². The maximum absolute atomic E-state index is 11.4. The lowest BCUT2D eigenvalue weighted by atomic mass is 10.0. The van der Waals surface area contributed by atoms with E-state index in [1.807, 2.05) is 59.3 Å². The van der Waals surface area contributed by atoms with E-state index in [2.05, 4.69) is 11.9 Å². The normalized spacial score (nSPS) is 10.8. The van der Waals surface area contributed by atoms with Gasteiger partial charge in [0.05, 0.1) is 0 Å². The molecule has 0 bridgehead atoms. The lowest BCUT2D eigenvalue weighted by Gasteiger charge is -2.07. The van der Waals surface area contributed by atoms with Gasteiger partial charge in [-0.25, -0.2) is 19.4 Å². The fraction of sp³-hybridized carbons (Fsp3) is 0.167. The first-order valence-corrected chi connectivity index (χ1v) is 9.92. The van der Waals surface area contributed by atoms with Crippen LogP contribution in [-0.4, -0.2) is 30.8 Å². The Hall–Kier alpha value is -3.80. The number of aromatic carboxylic acids is 1. The number of hydrogen-bond donors (Lipinski definition) is 1. The van der Waals surface area contributed by atoms with Crippen LogP contribution >= 0.6 is 0 Å². The van der Waals surface area contributed by atoms with Gasteiger partial charge in [-0.3, -0.25) is 0 Å². The highest BCUT2D eigenvalue weighted by molar-refractivity contribution is 5.93. The summed E-state index contributed by atoms with van der Waals surface area (Å²) in [4.78, 5) is 20.2. The van der Waals surface area contributed by atoms with Crippen LogP contribution in [0.25, 0.3) is 22.5 Å². The predicted octanol–water partition coefficient (Wildman–Crippen LogP) is 4.71. The van der Waals surface area contributed by atoms with Crippen molar-refractivity contribution < 1.29 is 9.90 Å². The van der Waals surface area contributed by atoms with E-state index >= 15 is 0 Å². The van der Waals surface area contributed by atoms with Crippen LogP contribution in [0, 0.1) is 0 Å². The van der Waals surface area contributed by atoms with E-state index in [0.717, 1.165) is 41.3 Å². The Balaban J connectivity index is 1.61. The zero-order valence-corrected chi connectivity index (χ0v) is 16.7. The highest BCUT2D eigenvalue weighted by Crippen LogP contribution is 2.24. The molecular weight excluding hydrogens is 376 g/mol. The van der Waals surface area contributed by atoms with Gasteiger partial charge in [0.1, 0.15) is 5.82 Å². The Kier molecular flexibility index (Phi) is 5.66. The number of nitrogens with zero attached hydrogens (tertiary/aromatic N) is 4.